The summed E-state index contributed by atoms with van der Waals surface area (Å²) < 4.78 is 17.2. The Balaban J connectivity index is 2.50. The highest BCUT2D eigenvalue weighted by atomic mass is 28.4. The molecule has 1 aliphatic rings. The van der Waals surface area contributed by atoms with E-state index in [4.69, 9.17) is 13.9 Å². The molecule has 0 saturated heterocycles. The van der Waals surface area contributed by atoms with Gasteiger partial charge in [-0.1, -0.05) is 58.3 Å². The normalized spacial score (nSPS) is 20.9. The zero-order chi connectivity index (χ0) is 22.6. The molecule has 0 amide bonds. The Morgan fingerprint density at radius 1 is 0.933 bits per heavy atom. The summed E-state index contributed by atoms with van der Waals surface area (Å²) in [5.41, 5.74) is 0. The fraction of sp³-hybridized carbons (Fsp3) is 0.913. The molecule has 1 aliphatic carbocycles. The molecule has 1 fully saturated rings. The molecule has 0 spiro atoms. The summed E-state index contributed by atoms with van der Waals surface area (Å²) in [7, 11) is -1.92. The number of ether oxygens (including phenoxy) is 2. The second-order valence-corrected chi connectivity index (χ2v) is 13.6. The lowest BCUT2D eigenvalue weighted by Crippen LogP contribution is -2.51. The lowest BCUT2D eigenvalue weighted by molar-refractivity contribution is -0.183. The molecular weight excluding hydrogens is 400 g/mol. The molecule has 0 aromatic heterocycles. The van der Waals surface area contributed by atoms with Gasteiger partial charge in [-0.05, 0) is 32.0 Å². The third kappa shape index (κ3) is 10.9. The van der Waals surface area contributed by atoms with Crippen LogP contribution >= 0.6 is 0 Å². The SMILES string of the molecule is CCCCCCCCCC[Si](C)(C)OCC(OC(C)=O)C(OC(C)=O)C1CCC1O. The van der Waals surface area contributed by atoms with Crippen molar-refractivity contribution < 1.29 is 28.6 Å². The fourth-order valence-electron chi connectivity index (χ4n) is 4.00. The van der Waals surface area contributed by atoms with Crippen LogP contribution in [0.1, 0.15) is 85.0 Å². The van der Waals surface area contributed by atoms with Crippen LogP contribution in [0.4, 0.5) is 0 Å². The number of rotatable bonds is 16. The molecule has 0 bridgehead atoms. The van der Waals surface area contributed by atoms with Crippen LogP contribution in [-0.4, -0.2) is 50.3 Å². The molecule has 0 aliphatic heterocycles. The van der Waals surface area contributed by atoms with Crippen LogP contribution in [0.5, 0.6) is 0 Å². The monoisotopic (exact) mass is 444 g/mol. The fourth-order valence-corrected chi connectivity index (χ4v) is 5.86. The van der Waals surface area contributed by atoms with Crippen molar-refractivity contribution in [1.82, 2.24) is 0 Å². The van der Waals surface area contributed by atoms with E-state index in [1.165, 1.54) is 58.8 Å². The zero-order valence-electron chi connectivity index (χ0n) is 19.8. The molecule has 1 rings (SSSR count). The van der Waals surface area contributed by atoms with E-state index in [1.807, 2.05) is 0 Å². The van der Waals surface area contributed by atoms with Crippen molar-refractivity contribution in [2.75, 3.05) is 6.61 Å². The first kappa shape index (κ1) is 27.1. The van der Waals surface area contributed by atoms with Crippen LogP contribution in [0.25, 0.3) is 0 Å². The maximum absolute atomic E-state index is 11.6. The number of hydrogen-bond donors (Lipinski definition) is 1. The van der Waals surface area contributed by atoms with Gasteiger partial charge in [0, 0.05) is 19.8 Å². The minimum Gasteiger partial charge on any atom is -0.458 e. The average Bonchev–Trinajstić information content (AvgIpc) is 2.65. The second-order valence-electron chi connectivity index (χ2n) is 9.33. The molecule has 1 N–H and O–H groups in total. The van der Waals surface area contributed by atoms with Gasteiger partial charge < -0.3 is 19.0 Å². The molecule has 176 valence electrons. The van der Waals surface area contributed by atoms with Crippen LogP contribution < -0.4 is 0 Å². The maximum Gasteiger partial charge on any atom is 0.303 e. The maximum atomic E-state index is 11.6. The van der Waals surface area contributed by atoms with E-state index in [9.17, 15) is 14.7 Å². The Morgan fingerprint density at radius 3 is 1.97 bits per heavy atom. The van der Waals surface area contributed by atoms with E-state index in [0.717, 1.165) is 18.9 Å². The Bertz CT molecular complexity index is 510. The molecule has 1 saturated carbocycles. The van der Waals surface area contributed by atoms with Gasteiger partial charge in [0.05, 0.1) is 12.7 Å². The van der Waals surface area contributed by atoms with Gasteiger partial charge in [0.2, 0.25) is 0 Å². The van der Waals surface area contributed by atoms with Crippen molar-refractivity contribution in [3.63, 3.8) is 0 Å². The molecular formula is C23H44O6Si. The summed E-state index contributed by atoms with van der Waals surface area (Å²) in [5, 5.41) is 10.1. The van der Waals surface area contributed by atoms with Gasteiger partial charge >= 0.3 is 11.9 Å². The summed E-state index contributed by atoms with van der Waals surface area (Å²) in [6.07, 6.45) is 9.80. The predicted octanol–water partition coefficient (Wildman–Crippen LogP) is 4.98. The van der Waals surface area contributed by atoms with Crippen LogP contribution in [0.15, 0.2) is 0 Å². The lowest BCUT2D eigenvalue weighted by Gasteiger charge is -2.41. The molecule has 0 aromatic rings. The van der Waals surface area contributed by atoms with E-state index < -0.39 is 38.6 Å². The first-order valence-electron chi connectivity index (χ1n) is 11.8. The van der Waals surface area contributed by atoms with Crippen LogP contribution in [0, 0.1) is 5.92 Å². The number of carbonyl (C=O) groups excluding carboxylic acids is 2. The zero-order valence-corrected chi connectivity index (χ0v) is 20.8. The number of unbranched alkanes of at least 4 members (excludes halogenated alkanes) is 7. The van der Waals surface area contributed by atoms with Crippen molar-refractivity contribution >= 4 is 20.3 Å². The van der Waals surface area contributed by atoms with E-state index in [-0.39, 0.29) is 12.5 Å². The topological polar surface area (TPSA) is 82.1 Å². The Labute approximate surface area is 184 Å². The number of aliphatic hydroxyl groups excluding tert-OH is 1. The number of aliphatic hydroxyl groups is 1. The van der Waals surface area contributed by atoms with E-state index in [2.05, 4.69) is 20.0 Å². The highest BCUT2D eigenvalue weighted by Gasteiger charge is 2.44. The second kappa shape index (κ2) is 14.2. The molecule has 0 radical (unpaired) electrons. The van der Waals surface area contributed by atoms with Crippen molar-refractivity contribution in [2.45, 2.75) is 122 Å². The van der Waals surface area contributed by atoms with Gasteiger partial charge in [-0.25, -0.2) is 0 Å². The quantitative estimate of drug-likeness (QED) is 0.205. The van der Waals surface area contributed by atoms with E-state index in [0.29, 0.717) is 6.42 Å². The van der Waals surface area contributed by atoms with Crippen LogP contribution in [0.2, 0.25) is 19.1 Å². The van der Waals surface area contributed by atoms with Gasteiger partial charge in [0.1, 0.15) is 6.10 Å². The first-order valence-corrected chi connectivity index (χ1v) is 14.9. The van der Waals surface area contributed by atoms with Gasteiger partial charge in [0.25, 0.3) is 0 Å². The van der Waals surface area contributed by atoms with Gasteiger partial charge in [0.15, 0.2) is 14.4 Å². The summed E-state index contributed by atoms with van der Waals surface area (Å²) in [6, 6.07) is 1.05. The molecule has 0 heterocycles. The molecule has 0 aromatic carbocycles. The van der Waals surface area contributed by atoms with E-state index >= 15 is 0 Å². The highest BCUT2D eigenvalue weighted by Crippen LogP contribution is 2.34. The van der Waals surface area contributed by atoms with Gasteiger partial charge in [-0.3, -0.25) is 9.59 Å². The van der Waals surface area contributed by atoms with Gasteiger partial charge in [-0.2, -0.15) is 0 Å². The smallest absolute Gasteiger partial charge is 0.303 e. The summed E-state index contributed by atoms with van der Waals surface area (Å²) in [4.78, 5) is 23.3. The Hall–Kier alpha value is -0.923. The minimum atomic E-state index is -1.92. The average molecular weight is 445 g/mol. The Kier molecular flexibility index (Phi) is 12.8. The number of hydrogen-bond acceptors (Lipinski definition) is 6. The van der Waals surface area contributed by atoms with Crippen molar-refractivity contribution in [3.8, 4) is 0 Å². The Morgan fingerprint density at radius 2 is 1.50 bits per heavy atom. The van der Waals surface area contributed by atoms with Crippen LogP contribution in [0.3, 0.4) is 0 Å². The van der Waals surface area contributed by atoms with Crippen molar-refractivity contribution in [2.24, 2.45) is 5.92 Å². The molecule has 7 heteroatoms. The number of esters is 2. The molecule has 4 unspecified atom stereocenters. The van der Waals surface area contributed by atoms with Crippen molar-refractivity contribution in [3.05, 3.63) is 0 Å². The highest BCUT2D eigenvalue weighted by molar-refractivity contribution is 6.71. The molecule has 6 nitrogen and oxygen atoms in total. The molecule has 4 atom stereocenters. The standard InChI is InChI=1S/C23H44O6Si/c1-6-7-8-9-10-11-12-13-16-30(4,5)27-17-22(28-18(2)24)23(29-19(3)25)20-14-15-21(20)26/h20-23,26H,6-17H2,1-5H3. The van der Waals surface area contributed by atoms with Crippen LogP contribution in [-0.2, 0) is 23.5 Å². The first-order chi connectivity index (χ1) is 14.2. The summed E-state index contributed by atoms with van der Waals surface area (Å²) in [5.74, 6) is -1.08. The predicted molar refractivity (Wildman–Crippen MR) is 121 cm³/mol. The van der Waals surface area contributed by atoms with Gasteiger partial charge in [-0.15, -0.1) is 0 Å². The van der Waals surface area contributed by atoms with Crippen molar-refractivity contribution in [1.29, 1.82) is 0 Å². The van der Waals surface area contributed by atoms with E-state index in [1.54, 1.807) is 0 Å². The third-order valence-electron chi connectivity index (χ3n) is 5.97. The lowest BCUT2D eigenvalue weighted by atomic mass is 9.76. The number of carbonyl (C=O) groups is 2. The minimum absolute atomic E-state index is 0.205. The summed E-state index contributed by atoms with van der Waals surface area (Å²) >= 11 is 0. The largest absolute Gasteiger partial charge is 0.458 e. The summed E-state index contributed by atoms with van der Waals surface area (Å²) in [6.45, 7) is 9.48. The third-order valence-corrected chi connectivity index (χ3v) is 8.47. The molecule has 30 heavy (non-hydrogen) atoms.